The van der Waals surface area contributed by atoms with E-state index in [1.807, 2.05) is 49.4 Å². The summed E-state index contributed by atoms with van der Waals surface area (Å²) in [5.74, 6) is 0. The van der Waals surface area contributed by atoms with Crippen molar-refractivity contribution in [2.24, 2.45) is 0 Å². The molecule has 1 atom stereocenters. The van der Waals surface area contributed by atoms with Crippen molar-refractivity contribution in [2.45, 2.75) is 44.9 Å². The molecular formula is C20H23ClO. The molecule has 0 bridgehead atoms. The van der Waals surface area contributed by atoms with Crippen LogP contribution in [0.5, 0.6) is 0 Å². The van der Waals surface area contributed by atoms with Crippen molar-refractivity contribution in [3.05, 3.63) is 71.3 Å². The summed E-state index contributed by atoms with van der Waals surface area (Å²) in [6, 6.07) is 18.3. The first kappa shape index (κ1) is 16.8. The van der Waals surface area contributed by atoms with Gasteiger partial charge in [-0.1, -0.05) is 75.4 Å². The number of benzene rings is 2. The Bertz CT molecular complexity index is 638. The van der Waals surface area contributed by atoms with Crippen LogP contribution < -0.4 is 0 Å². The first-order valence-electron chi connectivity index (χ1n) is 7.58. The molecule has 0 N–H and O–H groups in total. The smallest absolute Gasteiger partial charge is 0.232 e. The highest BCUT2D eigenvalue weighted by molar-refractivity contribution is 6.65. The normalized spacial score (nSPS) is 14.4. The molecule has 0 spiro atoms. The Hall–Kier alpha value is -1.60. The van der Waals surface area contributed by atoms with Gasteiger partial charge in [0.2, 0.25) is 5.24 Å². The number of halogens is 1. The largest absolute Gasteiger partial charge is 0.280 e. The molecule has 0 radical (unpaired) electrons. The van der Waals surface area contributed by atoms with Crippen LogP contribution in [0.15, 0.2) is 54.6 Å². The summed E-state index contributed by atoms with van der Waals surface area (Å²) in [4.78, 5) is 12.1. The first-order valence-corrected chi connectivity index (χ1v) is 7.96. The van der Waals surface area contributed by atoms with E-state index in [0.717, 1.165) is 11.1 Å². The third kappa shape index (κ3) is 3.59. The van der Waals surface area contributed by atoms with Crippen LogP contribution in [0.25, 0.3) is 0 Å². The minimum absolute atomic E-state index is 0.0966. The Labute approximate surface area is 138 Å². The van der Waals surface area contributed by atoms with E-state index in [2.05, 4.69) is 32.9 Å². The zero-order valence-electron chi connectivity index (χ0n) is 13.7. The molecule has 2 aromatic rings. The maximum Gasteiger partial charge on any atom is 0.232 e. The third-order valence-corrected chi connectivity index (χ3v) is 4.64. The minimum atomic E-state index is -0.709. The molecular weight excluding hydrogens is 292 g/mol. The lowest BCUT2D eigenvalue weighted by Gasteiger charge is -2.27. The van der Waals surface area contributed by atoms with E-state index in [1.54, 1.807) is 0 Å². The van der Waals surface area contributed by atoms with E-state index in [-0.39, 0.29) is 10.7 Å². The van der Waals surface area contributed by atoms with Gasteiger partial charge in [-0.15, -0.1) is 0 Å². The topological polar surface area (TPSA) is 17.1 Å². The summed E-state index contributed by atoms with van der Waals surface area (Å²) in [7, 11) is 0. The van der Waals surface area contributed by atoms with Crippen LogP contribution in [0.4, 0.5) is 0 Å². The number of hydrogen-bond acceptors (Lipinski definition) is 1. The average molecular weight is 315 g/mol. The standard InChI is InChI=1S/C20H23ClO/c1-19(2,3)16-10-12-17(13-11-16)20(4,18(21)22)14-15-8-6-5-7-9-15/h5-13H,14H2,1-4H3. The molecule has 116 valence electrons. The van der Waals surface area contributed by atoms with Gasteiger partial charge in [0, 0.05) is 0 Å². The zero-order chi connectivity index (χ0) is 16.4. The van der Waals surface area contributed by atoms with Crippen LogP contribution in [0, 0.1) is 0 Å². The summed E-state index contributed by atoms with van der Waals surface area (Å²) in [6.07, 6.45) is 0.602. The van der Waals surface area contributed by atoms with Crippen LogP contribution in [0.2, 0.25) is 0 Å². The molecule has 0 aliphatic heterocycles. The second-order valence-electron chi connectivity index (χ2n) is 7.10. The fourth-order valence-corrected chi connectivity index (χ4v) is 2.80. The van der Waals surface area contributed by atoms with Crippen molar-refractivity contribution in [3.8, 4) is 0 Å². The van der Waals surface area contributed by atoms with Gasteiger partial charge in [0.15, 0.2) is 0 Å². The average Bonchev–Trinajstić information content (AvgIpc) is 2.47. The fourth-order valence-electron chi connectivity index (χ4n) is 2.63. The Morgan fingerprint density at radius 3 is 1.82 bits per heavy atom. The van der Waals surface area contributed by atoms with Gasteiger partial charge < -0.3 is 0 Å². The molecule has 0 aromatic heterocycles. The molecule has 0 saturated heterocycles. The van der Waals surface area contributed by atoms with Crippen molar-refractivity contribution in [1.82, 2.24) is 0 Å². The Morgan fingerprint density at radius 2 is 1.36 bits per heavy atom. The summed E-state index contributed by atoms with van der Waals surface area (Å²) >= 11 is 5.96. The lowest BCUT2D eigenvalue weighted by atomic mass is 9.77. The van der Waals surface area contributed by atoms with Gasteiger partial charge in [-0.3, -0.25) is 4.79 Å². The molecule has 22 heavy (non-hydrogen) atoms. The minimum Gasteiger partial charge on any atom is -0.280 e. The molecule has 2 heteroatoms. The molecule has 0 saturated carbocycles. The first-order chi connectivity index (χ1) is 10.2. The quantitative estimate of drug-likeness (QED) is 0.704. The van der Waals surface area contributed by atoms with Crippen LogP contribution in [-0.2, 0) is 22.0 Å². The predicted molar refractivity (Wildman–Crippen MR) is 93.5 cm³/mol. The van der Waals surface area contributed by atoms with E-state index in [0.29, 0.717) is 6.42 Å². The van der Waals surface area contributed by atoms with Crippen molar-refractivity contribution in [2.75, 3.05) is 0 Å². The van der Waals surface area contributed by atoms with E-state index < -0.39 is 5.41 Å². The van der Waals surface area contributed by atoms with Crippen molar-refractivity contribution < 1.29 is 4.79 Å². The SMILES string of the molecule is CC(C)(C)c1ccc(C(C)(Cc2ccccc2)C(=O)Cl)cc1. The molecule has 0 aliphatic carbocycles. The van der Waals surface area contributed by atoms with Gasteiger partial charge in [0.25, 0.3) is 0 Å². The van der Waals surface area contributed by atoms with Crippen LogP contribution in [-0.4, -0.2) is 5.24 Å². The van der Waals surface area contributed by atoms with Gasteiger partial charge in [0.05, 0.1) is 5.41 Å². The molecule has 2 aromatic carbocycles. The molecule has 0 amide bonds. The number of carbonyl (C=O) groups excluding carboxylic acids is 1. The van der Waals surface area contributed by atoms with Crippen LogP contribution in [0.3, 0.4) is 0 Å². The lowest BCUT2D eigenvalue weighted by molar-refractivity contribution is -0.116. The fraction of sp³-hybridized carbons (Fsp3) is 0.350. The van der Waals surface area contributed by atoms with Gasteiger partial charge in [-0.2, -0.15) is 0 Å². The molecule has 2 rings (SSSR count). The molecule has 0 aliphatic rings. The summed E-state index contributed by atoms with van der Waals surface area (Å²) < 4.78 is 0. The summed E-state index contributed by atoms with van der Waals surface area (Å²) in [5.41, 5.74) is 2.71. The highest BCUT2D eigenvalue weighted by Crippen LogP contribution is 2.32. The molecule has 1 nitrogen and oxygen atoms in total. The number of carbonyl (C=O) groups is 1. The van der Waals surface area contributed by atoms with Crippen molar-refractivity contribution >= 4 is 16.8 Å². The van der Waals surface area contributed by atoms with Crippen molar-refractivity contribution in [3.63, 3.8) is 0 Å². The molecule has 0 fully saturated rings. The molecule has 1 unspecified atom stereocenters. The highest BCUT2D eigenvalue weighted by Gasteiger charge is 2.34. The highest BCUT2D eigenvalue weighted by atomic mass is 35.5. The number of hydrogen-bond donors (Lipinski definition) is 0. The van der Waals surface area contributed by atoms with E-state index in [9.17, 15) is 4.79 Å². The zero-order valence-corrected chi connectivity index (χ0v) is 14.4. The Balaban J connectivity index is 2.37. The van der Waals surface area contributed by atoms with E-state index in [1.165, 1.54) is 5.56 Å². The summed E-state index contributed by atoms with van der Waals surface area (Å²) in [5, 5.41) is -0.320. The third-order valence-electron chi connectivity index (χ3n) is 4.22. The second kappa shape index (κ2) is 6.26. The van der Waals surface area contributed by atoms with E-state index >= 15 is 0 Å². The maximum atomic E-state index is 12.1. The van der Waals surface area contributed by atoms with Gasteiger partial charge >= 0.3 is 0 Å². The summed E-state index contributed by atoms with van der Waals surface area (Å²) in [6.45, 7) is 8.45. The monoisotopic (exact) mass is 314 g/mol. The maximum absolute atomic E-state index is 12.1. The van der Waals surface area contributed by atoms with E-state index in [4.69, 9.17) is 11.6 Å². The Kier molecular flexibility index (Phi) is 4.77. The van der Waals surface area contributed by atoms with Crippen LogP contribution in [0.1, 0.15) is 44.4 Å². The lowest BCUT2D eigenvalue weighted by Crippen LogP contribution is -2.32. The van der Waals surface area contributed by atoms with Crippen molar-refractivity contribution in [1.29, 1.82) is 0 Å². The predicted octanol–water partition coefficient (Wildman–Crippen LogP) is 5.25. The van der Waals surface area contributed by atoms with Gasteiger partial charge in [-0.05, 0) is 47.1 Å². The Morgan fingerprint density at radius 1 is 0.864 bits per heavy atom. The van der Waals surface area contributed by atoms with Crippen LogP contribution >= 0.6 is 11.6 Å². The molecule has 0 heterocycles. The van der Waals surface area contributed by atoms with Gasteiger partial charge in [-0.25, -0.2) is 0 Å². The second-order valence-corrected chi connectivity index (χ2v) is 7.44. The van der Waals surface area contributed by atoms with Gasteiger partial charge in [0.1, 0.15) is 0 Å². The number of rotatable bonds is 4.